The van der Waals surface area contributed by atoms with Gasteiger partial charge in [0.05, 0.1) is 18.7 Å². The van der Waals surface area contributed by atoms with E-state index in [1.165, 1.54) is 0 Å². The largest absolute Gasteiger partial charge is 0.463 e. The lowest BCUT2D eigenvalue weighted by Gasteiger charge is -2.30. The number of halogens is 2. The maximum absolute atomic E-state index is 12.3. The summed E-state index contributed by atoms with van der Waals surface area (Å²) in [6, 6.07) is 4.24. The summed E-state index contributed by atoms with van der Waals surface area (Å²) in [5.41, 5.74) is 1.08. The van der Waals surface area contributed by atoms with Crippen molar-refractivity contribution in [2.24, 2.45) is 0 Å². The molecule has 0 unspecified atom stereocenters. The minimum Gasteiger partial charge on any atom is -0.463 e. The molecular formula is C14H12Cl2N2O3S. The summed E-state index contributed by atoms with van der Waals surface area (Å²) in [4.78, 5) is 23.9. The number of rotatable bonds is 3. The van der Waals surface area contributed by atoms with E-state index in [1.807, 2.05) is 0 Å². The molecule has 0 saturated carbocycles. The molecular weight excluding hydrogens is 347 g/mol. The molecule has 0 spiro atoms. The van der Waals surface area contributed by atoms with Crippen LogP contribution in [0.15, 0.2) is 29.5 Å². The number of ether oxygens (including phenoxy) is 1. The second kappa shape index (κ2) is 6.64. The number of carbonyl (C=O) groups excluding carboxylic acids is 2. The standard InChI is InChI=1S/C14H12Cl2N2O3S/c1-6-9(12(19)13(20)21-2)11(18-14(22)17-6)10-7(15)4-3-5-8(10)16/h3-5,11H,1-2H3,(H2,17,18,22)/t11-/m1/s1. The minimum atomic E-state index is -0.973. The molecule has 0 aliphatic carbocycles. The van der Waals surface area contributed by atoms with Gasteiger partial charge in [-0.2, -0.15) is 0 Å². The predicted molar refractivity (Wildman–Crippen MR) is 87.8 cm³/mol. The van der Waals surface area contributed by atoms with E-state index in [9.17, 15) is 9.59 Å². The van der Waals surface area contributed by atoms with Crippen molar-refractivity contribution < 1.29 is 14.3 Å². The van der Waals surface area contributed by atoms with E-state index in [4.69, 9.17) is 35.4 Å². The van der Waals surface area contributed by atoms with Crippen molar-refractivity contribution in [3.8, 4) is 0 Å². The number of esters is 1. The predicted octanol–water partition coefficient (Wildman–Crippen LogP) is 2.53. The summed E-state index contributed by atoms with van der Waals surface area (Å²) < 4.78 is 4.51. The first kappa shape index (κ1) is 16.7. The molecule has 5 nitrogen and oxygen atoms in total. The fourth-order valence-electron chi connectivity index (χ4n) is 2.20. The molecule has 1 atom stereocenters. The van der Waals surface area contributed by atoms with Crippen LogP contribution in [0.2, 0.25) is 10.0 Å². The van der Waals surface area contributed by atoms with Crippen LogP contribution in [-0.2, 0) is 14.3 Å². The van der Waals surface area contributed by atoms with E-state index in [1.54, 1.807) is 25.1 Å². The van der Waals surface area contributed by atoms with E-state index < -0.39 is 17.8 Å². The molecule has 22 heavy (non-hydrogen) atoms. The molecule has 0 bridgehead atoms. The van der Waals surface area contributed by atoms with E-state index in [0.717, 1.165) is 7.11 Å². The quantitative estimate of drug-likeness (QED) is 0.491. The molecule has 1 aliphatic heterocycles. The number of hydrogen-bond donors (Lipinski definition) is 2. The summed E-state index contributed by atoms with van der Waals surface area (Å²) in [7, 11) is 1.14. The monoisotopic (exact) mass is 358 g/mol. The molecule has 1 aliphatic rings. The summed E-state index contributed by atoms with van der Waals surface area (Å²) in [5.74, 6) is -1.76. The van der Waals surface area contributed by atoms with Gasteiger partial charge >= 0.3 is 5.97 Å². The van der Waals surface area contributed by atoms with Gasteiger partial charge in [-0.15, -0.1) is 0 Å². The van der Waals surface area contributed by atoms with Crippen molar-refractivity contribution in [1.29, 1.82) is 0 Å². The number of thiocarbonyl (C=S) groups is 1. The van der Waals surface area contributed by atoms with Gasteiger partial charge in [-0.1, -0.05) is 29.3 Å². The van der Waals surface area contributed by atoms with Crippen LogP contribution in [0.4, 0.5) is 0 Å². The summed E-state index contributed by atoms with van der Waals surface area (Å²) in [6.45, 7) is 1.64. The van der Waals surface area contributed by atoms with Gasteiger partial charge in [0, 0.05) is 21.3 Å². The molecule has 2 rings (SSSR count). The van der Waals surface area contributed by atoms with Crippen molar-refractivity contribution in [3.05, 3.63) is 45.1 Å². The first-order chi connectivity index (χ1) is 10.4. The van der Waals surface area contributed by atoms with Gasteiger partial charge in [0.1, 0.15) is 0 Å². The maximum Gasteiger partial charge on any atom is 0.379 e. The maximum atomic E-state index is 12.3. The SMILES string of the molecule is COC(=O)C(=O)C1=C(C)NC(=S)N[C@H]1c1c(Cl)cccc1Cl. The number of methoxy groups -OCH3 is 1. The van der Waals surface area contributed by atoms with Crippen LogP contribution in [0.3, 0.4) is 0 Å². The summed E-state index contributed by atoms with van der Waals surface area (Å²) in [5, 5.41) is 6.76. The number of allylic oxidation sites excluding steroid dienone is 1. The van der Waals surface area contributed by atoms with Crippen molar-refractivity contribution in [3.63, 3.8) is 0 Å². The number of nitrogens with one attached hydrogen (secondary N) is 2. The molecule has 8 heteroatoms. The lowest BCUT2D eigenvalue weighted by molar-refractivity contribution is -0.150. The number of carbonyl (C=O) groups is 2. The molecule has 0 saturated heterocycles. The van der Waals surface area contributed by atoms with E-state index >= 15 is 0 Å². The fourth-order valence-corrected chi connectivity index (χ4v) is 3.09. The minimum absolute atomic E-state index is 0.162. The van der Waals surface area contributed by atoms with E-state index in [0.29, 0.717) is 26.4 Å². The first-order valence-corrected chi connectivity index (χ1v) is 7.38. The highest BCUT2D eigenvalue weighted by molar-refractivity contribution is 7.80. The third-order valence-electron chi connectivity index (χ3n) is 3.17. The van der Waals surface area contributed by atoms with Crippen LogP contribution in [0.1, 0.15) is 18.5 Å². The average molecular weight is 359 g/mol. The zero-order chi connectivity index (χ0) is 16.4. The van der Waals surface area contributed by atoms with Crippen molar-refractivity contribution in [1.82, 2.24) is 10.6 Å². The molecule has 0 aromatic heterocycles. The Labute approximate surface area is 142 Å². The topological polar surface area (TPSA) is 67.4 Å². The van der Waals surface area contributed by atoms with Crippen LogP contribution in [0.5, 0.6) is 0 Å². The van der Waals surface area contributed by atoms with Gasteiger partial charge in [0.25, 0.3) is 5.78 Å². The average Bonchev–Trinajstić information content (AvgIpc) is 2.45. The Kier molecular flexibility index (Phi) is 5.05. The molecule has 1 aromatic rings. The van der Waals surface area contributed by atoms with Gasteiger partial charge in [-0.25, -0.2) is 4.79 Å². The second-order valence-electron chi connectivity index (χ2n) is 4.53. The highest BCUT2D eigenvalue weighted by Crippen LogP contribution is 2.36. The molecule has 1 aromatic carbocycles. The van der Waals surface area contributed by atoms with Crippen molar-refractivity contribution in [2.75, 3.05) is 7.11 Å². The van der Waals surface area contributed by atoms with Gasteiger partial charge in [-0.3, -0.25) is 4.79 Å². The number of Topliss-reactive ketones (excluding diaryl/α,β-unsaturated/α-hetero) is 1. The molecule has 116 valence electrons. The van der Waals surface area contributed by atoms with E-state index in [2.05, 4.69) is 15.4 Å². The highest BCUT2D eigenvalue weighted by Gasteiger charge is 2.35. The van der Waals surface area contributed by atoms with Gasteiger partial charge in [0.15, 0.2) is 5.11 Å². The molecule has 2 N–H and O–H groups in total. The lowest BCUT2D eigenvalue weighted by Crippen LogP contribution is -2.46. The molecule has 0 amide bonds. The normalized spacial score (nSPS) is 17.6. The molecule has 1 heterocycles. The van der Waals surface area contributed by atoms with Crippen molar-refractivity contribution in [2.45, 2.75) is 13.0 Å². The zero-order valence-electron chi connectivity index (χ0n) is 11.7. The summed E-state index contributed by atoms with van der Waals surface area (Å²) in [6.07, 6.45) is 0. The Balaban J connectivity index is 2.61. The van der Waals surface area contributed by atoms with Crippen LogP contribution < -0.4 is 10.6 Å². The fraction of sp³-hybridized carbons (Fsp3) is 0.214. The lowest BCUT2D eigenvalue weighted by atomic mass is 9.92. The Hall–Kier alpha value is -1.63. The smallest absolute Gasteiger partial charge is 0.379 e. The first-order valence-electron chi connectivity index (χ1n) is 6.21. The zero-order valence-corrected chi connectivity index (χ0v) is 14.0. The Bertz CT molecular complexity index is 683. The van der Waals surface area contributed by atoms with Crippen LogP contribution >= 0.6 is 35.4 Å². The second-order valence-corrected chi connectivity index (χ2v) is 5.75. The van der Waals surface area contributed by atoms with Crippen molar-refractivity contribution >= 4 is 52.3 Å². The number of hydrogen-bond acceptors (Lipinski definition) is 4. The Morgan fingerprint density at radius 2 is 1.86 bits per heavy atom. The van der Waals surface area contributed by atoms with Crippen LogP contribution in [0, 0.1) is 0 Å². The third kappa shape index (κ3) is 3.09. The molecule has 0 radical (unpaired) electrons. The van der Waals surface area contributed by atoms with Gasteiger partial charge in [-0.05, 0) is 31.3 Å². The Morgan fingerprint density at radius 3 is 2.41 bits per heavy atom. The molecule has 0 fully saturated rings. The number of benzene rings is 1. The van der Waals surface area contributed by atoms with Gasteiger partial charge in [0.2, 0.25) is 0 Å². The van der Waals surface area contributed by atoms with E-state index in [-0.39, 0.29) is 5.57 Å². The summed E-state index contributed by atoms with van der Waals surface area (Å²) >= 11 is 17.5. The Morgan fingerprint density at radius 1 is 1.27 bits per heavy atom. The third-order valence-corrected chi connectivity index (χ3v) is 4.05. The highest BCUT2D eigenvalue weighted by atomic mass is 35.5. The van der Waals surface area contributed by atoms with Gasteiger partial charge < -0.3 is 15.4 Å². The number of ketones is 1. The van der Waals surface area contributed by atoms with Crippen LogP contribution in [0.25, 0.3) is 0 Å². The van der Waals surface area contributed by atoms with Crippen LogP contribution in [-0.4, -0.2) is 24.0 Å².